The van der Waals surface area contributed by atoms with E-state index in [0.717, 1.165) is 0 Å². The SMILES string of the molecule is C/C(O)=C1/C(=O)C(C)(C)C(C)(C)C(C)(C)C1(C)C. The molecule has 0 aromatic heterocycles. The molecule has 0 heterocycles. The maximum atomic E-state index is 12.8. The van der Waals surface area contributed by atoms with E-state index >= 15 is 0 Å². The smallest absolute Gasteiger partial charge is 0.168 e. The molecule has 0 atom stereocenters. The standard InChI is InChI=1S/C16H28O2/c1-10(17)11-12(18)14(4,5)16(8,9)15(6,7)13(11,2)3/h17H,1-9H3/b11-10+. The van der Waals surface area contributed by atoms with Crippen molar-refractivity contribution < 1.29 is 9.90 Å². The van der Waals surface area contributed by atoms with Crippen LogP contribution in [0.3, 0.4) is 0 Å². The van der Waals surface area contributed by atoms with Crippen molar-refractivity contribution in [2.45, 2.75) is 62.3 Å². The Morgan fingerprint density at radius 2 is 1.17 bits per heavy atom. The first-order valence-corrected chi connectivity index (χ1v) is 6.68. The summed E-state index contributed by atoms with van der Waals surface area (Å²) in [4.78, 5) is 12.8. The molecule has 2 heteroatoms. The van der Waals surface area contributed by atoms with Gasteiger partial charge in [0.2, 0.25) is 0 Å². The van der Waals surface area contributed by atoms with E-state index < -0.39 is 5.41 Å². The van der Waals surface area contributed by atoms with Crippen LogP contribution in [0.1, 0.15) is 62.3 Å². The third-order valence-electron chi connectivity index (χ3n) is 6.47. The molecule has 0 saturated heterocycles. The van der Waals surface area contributed by atoms with E-state index in [4.69, 9.17) is 0 Å². The van der Waals surface area contributed by atoms with E-state index in [2.05, 4.69) is 41.5 Å². The minimum Gasteiger partial charge on any atom is -0.512 e. The second kappa shape index (κ2) is 3.61. The minimum absolute atomic E-state index is 0.0804. The highest BCUT2D eigenvalue weighted by Crippen LogP contribution is 2.66. The van der Waals surface area contributed by atoms with Crippen LogP contribution < -0.4 is 0 Å². The van der Waals surface area contributed by atoms with Gasteiger partial charge in [-0.3, -0.25) is 4.79 Å². The van der Waals surface area contributed by atoms with Crippen molar-refractivity contribution in [1.82, 2.24) is 0 Å². The van der Waals surface area contributed by atoms with Gasteiger partial charge in [-0.1, -0.05) is 55.4 Å². The Morgan fingerprint density at radius 1 is 0.833 bits per heavy atom. The van der Waals surface area contributed by atoms with Crippen molar-refractivity contribution in [2.24, 2.45) is 21.7 Å². The average Bonchev–Trinajstić information content (AvgIpc) is 2.14. The summed E-state index contributed by atoms with van der Waals surface area (Å²) in [7, 11) is 0. The predicted octanol–water partition coefficient (Wildman–Crippen LogP) is 4.51. The first-order valence-electron chi connectivity index (χ1n) is 6.68. The number of ketones is 1. The summed E-state index contributed by atoms with van der Waals surface area (Å²) < 4.78 is 0. The molecule has 1 aliphatic rings. The lowest BCUT2D eigenvalue weighted by molar-refractivity contribution is -0.157. The van der Waals surface area contributed by atoms with Gasteiger partial charge in [0, 0.05) is 16.4 Å². The lowest BCUT2D eigenvalue weighted by atomic mass is 9.39. The molecule has 0 radical (unpaired) electrons. The van der Waals surface area contributed by atoms with Gasteiger partial charge in [0.05, 0.1) is 5.76 Å². The van der Waals surface area contributed by atoms with Crippen molar-refractivity contribution in [3.63, 3.8) is 0 Å². The molecule has 1 saturated carbocycles. The van der Waals surface area contributed by atoms with Gasteiger partial charge < -0.3 is 5.11 Å². The molecule has 104 valence electrons. The zero-order valence-corrected chi connectivity index (χ0v) is 13.4. The fraction of sp³-hybridized carbons (Fsp3) is 0.812. The second-order valence-corrected chi connectivity index (χ2v) is 7.79. The first kappa shape index (κ1) is 15.3. The van der Waals surface area contributed by atoms with Gasteiger partial charge in [-0.25, -0.2) is 0 Å². The number of rotatable bonds is 0. The molecule has 0 aromatic rings. The highest BCUT2D eigenvalue weighted by Gasteiger charge is 2.64. The van der Waals surface area contributed by atoms with E-state index in [-0.39, 0.29) is 27.8 Å². The number of Topliss-reactive ketones (excluding diaryl/α,β-unsaturated/α-hetero) is 1. The van der Waals surface area contributed by atoms with E-state index in [1.807, 2.05) is 13.8 Å². The average molecular weight is 252 g/mol. The van der Waals surface area contributed by atoms with Crippen LogP contribution >= 0.6 is 0 Å². The van der Waals surface area contributed by atoms with Gasteiger partial charge in [0.15, 0.2) is 5.78 Å². The Morgan fingerprint density at radius 3 is 1.50 bits per heavy atom. The van der Waals surface area contributed by atoms with E-state index in [0.29, 0.717) is 5.57 Å². The zero-order chi connectivity index (χ0) is 14.7. The minimum atomic E-state index is -0.481. The largest absolute Gasteiger partial charge is 0.512 e. The van der Waals surface area contributed by atoms with Gasteiger partial charge in [-0.2, -0.15) is 0 Å². The summed E-state index contributed by atoms with van der Waals surface area (Å²) >= 11 is 0. The Balaban J connectivity index is 3.72. The van der Waals surface area contributed by atoms with Gasteiger partial charge >= 0.3 is 0 Å². The number of aliphatic hydroxyl groups is 1. The number of carbonyl (C=O) groups excluding carboxylic acids is 1. The monoisotopic (exact) mass is 252 g/mol. The molecule has 1 fully saturated rings. The van der Waals surface area contributed by atoms with E-state index in [1.54, 1.807) is 6.92 Å². The van der Waals surface area contributed by atoms with Crippen LogP contribution in [-0.4, -0.2) is 10.9 Å². The molecule has 0 bridgehead atoms. The molecule has 1 N–H and O–H groups in total. The quantitative estimate of drug-likeness (QED) is 0.509. The van der Waals surface area contributed by atoms with Crippen LogP contribution in [0.25, 0.3) is 0 Å². The van der Waals surface area contributed by atoms with Crippen molar-refractivity contribution in [2.75, 3.05) is 0 Å². The summed E-state index contributed by atoms with van der Waals surface area (Å²) in [5.41, 5.74) is -0.486. The van der Waals surface area contributed by atoms with Crippen LogP contribution in [0.5, 0.6) is 0 Å². The second-order valence-electron chi connectivity index (χ2n) is 7.79. The summed E-state index contributed by atoms with van der Waals surface area (Å²) in [6, 6.07) is 0. The van der Waals surface area contributed by atoms with Crippen molar-refractivity contribution in [3.05, 3.63) is 11.3 Å². The molecule has 0 aromatic carbocycles. The summed E-state index contributed by atoms with van der Waals surface area (Å²) in [6.45, 7) is 18.5. The Bertz CT molecular complexity index is 416. The number of carbonyl (C=O) groups is 1. The lowest BCUT2D eigenvalue weighted by Crippen LogP contribution is -2.61. The zero-order valence-electron chi connectivity index (χ0n) is 13.4. The Kier molecular flexibility index (Phi) is 3.07. The number of hydrogen-bond acceptors (Lipinski definition) is 2. The number of aliphatic hydroxyl groups excluding tert-OH is 1. The van der Waals surface area contributed by atoms with E-state index in [9.17, 15) is 9.90 Å². The maximum Gasteiger partial charge on any atom is 0.168 e. The molecule has 0 spiro atoms. The summed E-state index contributed by atoms with van der Waals surface area (Å²) in [5, 5.41) is 9.98. The molecule has 18 heavy (non-hydrogen) atoms. The Labute approximate surface area is 111 Å². The molecule has 0 aliphatic heterocycles. The van der Waals surface area contributed by atoms with Gasteiger partial charge in [-0.05, 0) is 17.8 Å². The van der Waals surface area contributed by atoms with E-state index in [1.165, 1.54) is 0 Å². The topological polar surface area (TPSA) is 37.3 Å². The first-order chi connectivity index (χ1) is 7.73. The summed E-state index contributed by atoms with van der Waals surface area (Å²) in [5.74, 6) is 0.249. The van der Waals surface area contributed by atoms with Gasteiger partial charge in [0.1, 0.15) is 0 Å². The Hall–Kier alpha value is -0.790. The van der Waals surface area contributed by atoms with Crippen molar-refractivity contribution in [1.29, 1.82) is 0 Å². The fourth-order valence-electron chi connectivity index (χ4n) is 3.37. The molecule has 2 nitrogen and oxygen atoms in total. The third-order valence-corrected chi connectivity index (χ3v) is 6.47. The molecular formula is C16H28O2. The number of allylic oxidation sites excluding steroid dienone is 2. The lowest BCUT2D eigenvalue weighted by Gasteiger charge is -2.63. The van der Waals surface area contributed by atoms with Crippen LogP contribution in [0.2, 0.25) is 0 Å². The van der Waals surface area contributed by atoms with Crippen molar-refractivity contribution >= 4 is 5.78 Å². The highest BCUT2D eigenvalue weighted by molar-refractivity contribution is 6.02. The molecule has 0 amide bonds. The summed E-state index contributed by atoms with van der Waals surface area (Å²) in [6.07, 6.45) is 0. The molecule has 0 unspecified atom stereocenters. The van der Waals surface area contributed by atoms with Crippen LogP contribution in [0.4, 0.5) is 0 Å². The maximum absolute atomic E-state index is 12.8. The van der Waals surface area contributed by atoms with Crippen LogP contribution in [0, 0.1) is 21.7 Å². The van der Waals surface area contributed by atoms with Gasteiger partial charge in [-0.15, -0.1) is 0 Å². The van der Waals surface area contributed by atoms with Crippen LogP contribution in [0.15, 0.2) is 11.3 Å². The molecular weight excluding hydrogens is 224 g/mol. The molecule has 1 rings (SSSR count). The number of hydrogen-bond donors (Lipinski definition) is 1. The van der Waals surface area contributed by atoms with Crippen LogP contribution in [-0.2, 0) is 4.79 Å². The molecule has 1 aliphatic carbocycles. The van der Waals surface area contributed by atoms with Gasteiger partial charge in [0.25, 0.3) is 0 Å². The normalized spacial score (nSPS) is 31.1. The fourth-order valence-corrected chi connectivity index (χ4v) is 3.37. The predicted molar refractivity (Wildman–Crippen MR) is 75.5 cm³/mol. The highest BCUT2D eigenvalue weighted by atomic mass is 16.3. The third kappa shape index (κ3) is 1.44. The van der Waals surface area contributed by atoms with Crippen molar-refractivity contribution in [3.8, 4) is 0 Å².